The number of anilines is 1. The van der Waals surface area contributed by atoms with Crippen molar-refractivity contribution in [1.82, 2.24) is 9.78 Å². The van der Waals surface area contributed by atoms with Gasteiger partial charge >= 0.3 is 5.69 Å². The summed E-state index contributed by atoms with van der Waals surface area (Å²) in [6.07, 6.45) is 0. The average molecular weight is 264 g/mol. The molecule has 6 nitrogen and oxygen atoms in total. The minimum absolute atomic E-state index is 0.000625. The van der Waals surface area contributed by atoms with Crippen molar-refractivity contribution < 1.29 is 9.31 Å². The van der Waals surface area contributed by atoms with Crippen molar-refractivity contribution in [2.75, 3.05) is 5.73 Å². The van der Waals surface area contributed by atoms with Crippen LogP contribution in [0.5, 0.6) is 0 Å². The summed E-state index contributed by atoms with van der Waals surface area (Å²) < 4.78 is 14.2. The molecule has 2 N–H and O–H groups in total. The quantitative estimate of drug-likeness (QED) is 0.681. The Morgan fingerprint density at radius 3 is 2.47 bits per heavy atom. The Bertz CT molecular complexity index is 621. The molecular formula is C12H13FN4O2. The highest BCUT2D eigenvalue weighted by Gasteiger charge is 2.25. The van der Waals surface area contributed by atoms with Crippen LogP contribution in [0.2, 0.25) is 0 Å². The van der Waals surface area contributed by atoms with Crippen LogP contribution in [-0.2, 0) is 0 Å². The lowest BCUT2D eigenvalue weighted by Gasteiger charge is -2.13. The monoisotopic (exact) mass is 264 g/mol. The molecule has 0 amide bonds. The van der Waals surface area contributed by atoms with E-state index >= 15 is 0 Å². The summed E-state index contributed by atoms with van der Waals surface area (Å²) in [5.74, 6) is -0.342. The number of aromatic nitrogens is 2. The summed E-state index contributed by atoms with van der Waals surface area (Å²) in [6.45, 7) is 3.32. The van der Waals surface area contributed by atoms with Crippen molar-refractivity contribution >= 4 is 11.5 Å². The Morgan fingerprint density at radius 2 is 2.00 bits per heavy atom. The van der Waals surface area contributed by atoms with Gasteiger partial charge in [-0.15, -0.1) is 0 Å². The van der Waals surface area contributed by atoms with Crippen molar-refractivity contribution in [3.05, 3.63) is 51.5 Å². The molecule has 100 valence electrons. The highest BCUT2D eigenvalue weighted by atomic mass is 19.1. The van der Waals surface area contributed by atoms with Crippen molar-refractivity contribution in [1.29, 1.82) is 0 Å². The van der Waals surface area contributed by atoms with Crippen LogP contribution in [0.25, 0.3) is 0 Å². The Hall–Kier alpha value is -2.44. The second-order valence-electron chi connectivity index (χ2n) is 4.25. The number of hydrogen-bond acceptors (Lipinski definition) is 4. The lowest BCUT2D eigenvalue weighted by molar-refractivity contribution is -0.384. The predicted octanol–water partition coefficient (Wildman–Crippen LogP) is 2.43. The van der Waals surface area contributed by atoms with Crippen LogP contribution in [0.4, 0.5) is 15.9 Å². The first-order valence-electron chi connectivity index (χ1n) is 5.66. The summed E-state index contributed by atoms with van der Waals surface area (Å²) in [5, 5.41) is 15.0. The second-order valence-corrected chi connectivity index (χ2v) is 4.25. The van der Waals surface area contributed by atoms with Crippen LogP contribution in [0.15, 0.2) is 24.3 Å². The minimum Gasteiger partial charge on any atom is -0.378 e. The maximum atomic E-state index is 12.9. The normalized spacial score (nSPS) is 12.4. The number of benzene rings is 1. The molecule has 7 heteroatoms. The van der Waals surface area contributed by atoms with Crippen LogP contribution in [-0.4, -0.2) is 14.7 Å². The van der Waals surface area contributed by atoms with E-state index in [0.29, 0.717) is 0 Å². The molecule has 0 saturated carbocycles. The van der Waals surface area contributed by atoms with E-state index in [0.717, 1.165) is 5.56 Å². The summed E-state index contributed by atoms with van der Waals surface area (Å²) in [5.41, 5.74) is 6.60. The van der Waals surface area contributed by atoms with E-state index in [1.54, 1.807) is 19.1 Å². The minimum atomic E-state index is -0.550. The van der Waals surface area contributed by atoms with E-state index in [9.17, 15) is 14.5 Å². The number of rotatable bonds is 3. The third kappa shape index (κ3) is 2.26. The van der Waals surface area contributed by atoms with Gasteiger partial charge in [-0.05, 0) is 31.5 Å². The Kier molecular flexibility index (Phi) is 3.20. The van der Waals surface area contributed by atoms with Gasteiger partial charge in [-0.2, -0.15) is 5.10 Å². The molecular weight excluding hydrogens is 251 g/mol. The summed E-state index contributed by atoms with van der Waals surface area (Å²) in [4.78, 5) is 10.3. The first kappa shape index (κ1) is 13.0. The standard InChI is InChI=1S/C12H13FN4O2/c1-7-11(17(18)19)12(14)16(15-7)8(2)9-3-5-10(13)6-4-9/h3-6,8H,14H2,1-2H3. The van der Waals surface area contributed by atoms with Crippen molar-refractivity contribution in [2.24, 2.45) is 0 Å². The third-order valence-corrected chi connectivity index (χ3v) is 2.99. The number of aryl methyl sites for hydroxylation is 1. The number of nitrogens with zero attached hydrogens (tertiary/aromatic N) is 3. The number of nitrogen functional groups attached to an aromatic ring is 1. The molecule has 0 aliphatic carbocycles. The van der Waals surface area contributed by atoms with Crippen molar-refractivity contribution in [3.8, 4) is 0 Å². The van der Waals surface area contributed by atoms with Crippen LogP contribution >= 0.6 is 0 Å². The summed E-state index contributed by atoms with van der Waals surface area (Å²) >= 11 is 0. The van der Waals surface area contributed by atoms with Gasteiger partial charge < -0.3 is 5.73 Å². The van der Waals surface area contributed by atoms with E-state index in [1.807, 2.05) is 0 Å². The molecule has 1 atom stereocenters. The van der Waals surface area contributed by atoms with E-state index in [1.165, 1.54) is 23.7 Å². The number of hydrogen-bond donors (Lipinski definition) is 1. The SMILES string of the molecule is Cc1nn(C(C)c2ccc(F)cc2)c(N)c1[N+](=O)[O-]. The van der Waals surface area contributed by atoms with E-state index in [4.69, 9.17) is 5.73 Å². The van der Waals surface area contributed by atoms with Gasteiger partial charge in [0.1, 0.15) is 11.5 Å². The Morgan fingerprint density at radius 1 is 1.42 bits per heavy atom. The summed E-state index contributed by atoms with van der Waals surface area (Å²) in [7, 11) is 0. The van der Waals surface area contributed by atoms with Gasteiger partial charge in [-0.3, -0.25) is 10.1 Å². The lowest BCUT2D eigenvalue weighted by Crippen LogP contribution is -2.12. The molecule has 1 heterocycles. The maximum Gasteiger partial charge on any atom is 0.333 e. The van der Waals surface area contributed by atoms with Gasteiger partial charge in [0.15, 0.2) is 0 Å². The lowest BCUT2D eigenvalue weighted by atomic mass is 10.1. The molecule has 0 aliphatic rings. The highest BCUT2D eigenvalue weighted by molar-refractivity contribution is 5.56. The van der Waals surface area contributed by atoms with Gasteiger partial charge in [-0.1, -0.05) is 12.1 Å². The average Bonchev–Trinajstić information content (AvgIpc) is 2.65. The topological polar surface area (TPSA) is 87.0 Å². The smallest absolute Gasteiger partial charge is 0.333 e. The fraction of sp³-hybridized carbons (Fsp3) is 0.250. The van der Waals surface area contributed by atoms with E-state index in [2.05, 4.69) is 5.10 Å². The van der Waals surface area contributed by atoms with E-state index in [-0.39, 0.29) is 29.1 Å². The van der Waals surface area contributed by atoms with Crippen LogP contribution in [0.1, 0.15) is 24.2 Å². The van der Waals surface area contributed by atoms with Gasteiger partial charge in [0.2, 0.25) is 5.82 Å². The number of nitro groups is 1. The third-order valence-electron chi connectivity index (χ3n) is 2.99. The molecule has 2 aromatic rings. The largest absolute Gasteiger partial charge is 0.378 e. The molecule has 0 saturated heterocycles. The molecule has 0 radical (unpaired) electrons. The second kappa shape index (κ2) is 4.68. The predicted molar refractivity (Wildman–Crippen MR) is 68.2 cm³/mol. The molecule has 1 aromatic heterocycles. The molecule has 1 aromatic carbocycles. The molecule has 0 fully saturated rings. The fourth-order valence-corrected chi connectivity index (χ4v) is 1.96. The highest BCUT2D eigenvalue weighted by Crippen LogP contribution is 2.30. The van der Waals surface area contributed by atoms with Gasteiger partial charge in [0.05, 0.1) is 11.0 Å². The molecule has 19 heavy (non-hydrogen) atoms. The maximum absolute atomic E-state index is 12.9. The van der Waals surface area contributed by atoms with E-state index < -0.39 is 4.92 Å². The molecule has 0 aliphatic heterocycles. The van der Waals surface area contributed by atoms with Gasteiger partial charge in [-0.25, -0.2) is 9.07 Å². The Labute approximate surface area is 108 Å². The van der Waals surface area contributed by atoms with Crippen molar-refractivity contribution in [2.45, 2.75) is 19.9 Å². The van der Waals surface area contributed by atoms with Crippen molar-refractivity contribution in [3.63, 3.8) is 0 Å². The first-order valence-corrected chi connectivity index (χ1v) is 5.66. The Balaban J connectivity index is 2.45. The fourth-order valence-electron chi connectivity index (χ4n) is 1.96. The zero-order valence-corrected chi connectivity index (χ0v) is 10.5. The molecule has 2 rings (SSSR count). The zero-order chi connectivity index (χ0) is 14.2. The van der Waals surface area contributed by atoms with Gasteiger partial charge in [0, 0.05) is 0 Å². The molecule has 1 unspecified atom stereocenters. The zero-order valence-electron chi connectivity index (χ0n) is 10.5. The van der Waals surface area contributed by atoms with Gasteiger partial charge in [0.25, 0.3) is 0 Å². The van der Waals surface area contributed by atoms with Crippen LogP contribution < -0.4 is 5.73 Å². The van der Waals surface area contributed by atoms with Crippen LogP contribution in [0.3, 0.4) is 0 Å². The first-order chi connectivity index (χ1) is 8.91. The van der Waals surface area contributed by atoms with Crippen LogP contribution in [0, 0.1) is 22.9 Å². The summed E-state index contributed by atoms with van der Waals surface area (Å²) in [6, 6.07) is 5.54. The number of nitrogens with two attached hydrogens (primary N) is 1. The molecule has 0 spiro atoms. The molecule has 0 bridgehead atoms. The number of halogens is 1.